The Labute approximate surface area is 233 Å². The van der Waals surface area contributed by atoms with Crippen LogP contribution < -0.4 is 14.8 Å². The molecule has 1 aliphatic heterocycles. The maximum absolute atomic E-state index is 13.1. The van der Waals surface area contributed by atoms with Crippen LogP contribution in [-0.2, 0) is 25.0 Å². The normalized spacial score (nSPS) is 15.1. The number of amides is 3. The highest BCUT2D eigenvalue weighted by Crippen LogP contribution is 2.39. The third-order valence-corrected chi connectivity index (χ3v) is 7.41. The summed E-state index contributed by atoms with van der Waals surface area (Å²) in [5, 5.41) is 7.44. The van der Waals surface area contributed by atoms with Crippen LogP contribution in [0.15, 0.2) is 48.5 Å². The van der Waals surface area contributed by atoms with Gasteiger partial charge in [-0.15, -0.1) is 0 Å². The molecule has 0 radical (unpaired) electrons. The molecule has 10 heteroatoms. The molecule has 0 atom stereocenters. The standard InChI is InChI=1S/C30H35N5O5/c1-20(36)34-12-14-35(15-13-34)30(38)23-7-4-6-21(16-23)19-40-27-9-5-8-24(28(27)39-3)18-31-29(37)26-17-25(22-10-11-22)32-33(26)2/h4-9,16-17,22H,10-15,18-19H2,1-3H3,(H,31,37). The summed E-state index contributed by atoms with van der Waals surface area (Å²) < 4.78 is 13.4. The quantitative estimate of drug-likeness (QED) is 0.443. The second kappa shape index (κ2) is 11.8. The average molecular weight is 546 g/mol. The SMILES string of the molecule is COc1c(CNC(=O)c2cc(C3CC3)nn2C)cccc1OCc1cccc(C(=O)N2CCN(C(C)=O)CC2)c1. The van der Waals surface area contributed by atoms with E-state index >= 15 is 0 Å². The molecule has 40 heavy (non-hydrogen) atoms. The van der Waals surface area contributed by atoms with Gasteiger partial charge in [-0.1, -0.05) is 24.3 Å². The Bertz CT molecular complexity index is 1410. The van der Waals surface area contributed by atoms with Gasteiger partial charge >= 0.3 is 0 Å². The van der Waals surface area contributed by atoms with Crippen molar-refractivity contribution in [3.8, 4) is 11.5 Å². The first kappa shape index (κ1) is 27.2. The first-order chi connectivity index (χ1) is 19.3. The summed E-state index contributed by atoms with van der Waals surface area (Å²) in [5.74, 6) is 1.34. The minimum absolute atomic E-state index is 0.0315. The van der Waals surface area contributed by atoms with Crippen molar-refractivity contribution < 1.29 is 23.9 Å². The van der Waals surface area contributed by atoms with E-state index in [0.29, 0.717) is 54.9 Å². The Morgan fingerprint density at radius 1 is 1.00 bits per heavy atom. The summed E-state index contributed by atoms with van der Waals surface area (Å²) in [5.41, 5.74) is 3.72. The number of nitrogens with zero attached hydrogens (tertiary/aromatic N) is 4. The maximum Gasteiger partial charge on any atom is 0.269 e. The molecule has 0 spiro atoms. The molecule has 5 rings (SSSR count). The number of ether oxygens (including phenoxy) is 2. The van der Waals surface area contributed by atoms with Crippen molar-refractivity contribution >= 4 is 17.7 Å². The van der Waals surface area contributed by atoms with E-state index in [1.807, 2.05) is 42.5 Å². The van der Waals surface area contributed by atoms with Crippen molar-refractivity contribution in [2.45, 2.75) is 38.8 Å². The zero-order chi connectivity index (χ0) is 28.2. The average Bonchev–Trinajstić information content (AvgIpc) is 3.75. The summed E-state index contributed by atoms with van der Waals surface area (Å²) in [6.45, 7) is 4.18. The zero-order valence-electron chi connectivity index (χ0n) is 23.2. The van der Waals surface area contributed by atoms with Crippen molar-refractivity contribution in [2.24, 2.45) is 7.05 Å². The predicted molar refractivity (Wildman–Crippen MR) is 148 cm³/mol. The van der Waals surface area contributed by atoms with Gasteiger partial charge in [0.2, 0.25) is 5.91 Å². The number of nitrogens with one attached hydrogen (secondary N) is 1. The molecule has 2 heterocycles. The Balaban J connectivity index is 1.20. The van der Waals surface area contributed by atoms with Crippen LogP contribution in [0, 0.1) is 0 Å². The van der Waals surface area contributed by atoms with Gasteiger partial charge in [0.15, 0.2) is 11.5 Å². The molecule has 2 fully saturated rings. The fourth-order valence-corrected chi connectivity index (χ4v) is 4.95. The predicted octanol–water partition coefficient (Wildman–Crippen LogP) is 3.12. The van der Waals surface area contributed by atoms with Gasteiger partial charge in [-0.25, -0.2) is 0 Å². The van der Waals surface area contributed by atoms with Gasteiger partial charge in [0.1, 0.15) is 12.3 Å². The highest BCUT2D eigenvalue weighted by atomic mass is 16.5. The lowest BCUT2D eigenvalue weighted by atomic mass is 10.1. The van der Waals surface area contributed by atoms with Crippen molar-refractivity contribution in [1.82, 2.24) is 24.9 Å². The molecule has 10 nitrogen and oxygen atoms in total. The van der Waals surface area contributed by atoms with Gasteiger partial charge in [0, 0.05) is 63.7 Å². The number of carbonyl (C=O) groups is 3. The number of hydrogen-bond acceptors (Lipinski definition) is 6. The fourth-order valence-electron chi connectivity index (χ4n) is 4.95. The molecule has 1 N–H and O–H groups in total. The fraction of sp³-hybridized carbons (Fsp3) is 0.400. The smallest absolute Gasteiger partial charge is 0.269 e. The van der Waals surface area contributed by atoms with Gasteiger partial charge < -0.3 is 24.6 Å². The second-order valence-electron chi connectivity index (χ2n) is 10.3. The van der Waals surface area contributed by atoms with Crippen LogP contribution >= 0.6 is 0 Å². The van der Waals surface area contributed by atoms with E-state index in [4.69, 9.17) is 9.47 Å². The van der Waals surface area contributed by atoms with E-state index in [-0.39, 0.29) is 30.9 Å². The number of aryl methyl sites for hydroxylation is 1. The van der Waals surface area contributed by atoms with Crippen molar-refractivity contribution in [1.29, 1.82) is 0 Å². The molecule has 1 saturated carbocycles. The van der Waals surface area contributed by atoms with Crippen LogP contribution in [0.1, 0.15) is 63.4 Å². The zero-order valence-corrected chi connectivity index (χ0v) is 23.2. The van der Waals surface area contributed by atoms with Crippen LogP contribution in [0.5, 0.6) is 11.5 Å². The number of methoxy groups -OCH3 is 1. The lowest BCUT2D eigenvalue weighted by molar-refractivity contribution is -0.130. The third-order valence-electron chi connectivity index (χ3n) is 7.41. The van der Waals surface area contributed by atoms with Crippen LogP contribution in [0.2, 0.25) is 0 Å². The van der Waals surface area contributed by atoms with Gasteiger partial charge in [-0.3, -0.25) is 19.1 Å². The molecule has 2 aromatic carbocycles. The summed E-state index contributed by atoms with van der Waals surface area (Å²) in [6, 6.07) is 14.8. The molecule has 210 valence electrons. The van der Waals surface area contributed by atoms with Gasteiger partial charge in [-0.05, 0) is 42.7 Å². The van der Waals surface area contributed by atoms with E-state index in [0.717, 1.165) is 29.7 Å². The van der Waals surface area contributed by atoms with Gasteiger partial charge in [0.25, 0.3) is 11.8 Å². The van der Waals surface area contributed by atoms with Crippen molar-refractivity contribution in [2.75, 3.05) is 33.3 Å². The van der Waals surface area contributed by atoms with Gasteiger partial charge in [-0.2, -0.15) is 5.10 Å². The minimum atomic E-state index is -0.195. The summed E-state index contributed by atoms with van der Waals surface area (Å²) in [4.78, 5) is 41.0. The number of hydrogen-bond donors (Lipinski definition) is 1. The molecule has 0 bridgehead atoms. The topological polar surface area (TPSA) is 106 Å². The molecule has 2 aliphatic rings. The van der Waals surface area contributed by atoms with Gasteiger partial charge in [0.05, 0.1) is 12.8 Å². The number of para-hydroxylation sites is 1. The Morgan fingerprint density at radius 3 is 2.42 bits per heavy atom. The summed E-state index contributed by atoms with van der Waals surface area (Å²) >= 11 is 0. The monoisotopic (exact) mass is 545 g/mol. The first-order valence-corrected chi connectivity index (χ1v) is 13.6. The Kier molecular flexibility index (Phi) is 8.04. The lowest BCUT2D eigenvalue weighted by Gasteiger charge is -2.34. The number of aromatic nitrogens is 2. The summed E-state index contributed by atoms with van der Waals surface area (Å²) in [6.07, 6.45) is 2.25. The third kappa shape index (κ3) is 6.11. The molecule has 3 aromatic rings. The number of carbonyl (C=O) groups excluding carboxylic acids is 3. The number of piperazine rings is 1. The molecule has 1 aromatic heterocycles. The van der Waals surface area contributed by atoms with Crippen LogP contribution in [0.25, 0.3) is 0 Å². The summed E-state index contributed by atoms with van der Waals surface area (Å²) in [7, 11) is 3.36. The first-order valence-electron chi connectivity index (χ1n) is 13.6. The van der Waals surface area contributed by atoms with Crippen molar-refractivity contribution in [3.05, 3.63) is 76.6 Å². The number of benzene rings is 2. The highest BCUT2D eigenvalue weighted by molar-refractivity contribution is 5.94. The molecule has 3 amide bonds. The van der Waals surface area contributed by atoms with E-state index in [1.54, 1.807) is 41.6 Å². The van der Waals surface area contributed by atoms with Crippen LogP contribution in [0.3, 0.4) is 0 Å². The highest BCUT2D eigenvalue weighted by Gasteiger charge is 2.28. The lowest BCUT2D eigenvalue weighted by Crippen LogP contribution is -2.50. The van der Waals surface area contributed by atoms with Crippen LogP contribution in [0.4, 0.5) is 0 Å². The molecular weight excluding hydrogens is 510 g/mol. The van der Waals surface area contributed by atoms with Crippen molar-refractivity contribution in [3.63, 3.8) is 0 Å². The Morgan fingerprint density at radius 2 is 1.73 bits per heavy atom. The van der Waals surface area contributed by atoms with E-state index in [9.17, 15) is 14.4 Å². The molecular formula is C30H35N5O5. The Hall–Kier alpha value is -4.34. The minimum Gasteiger partial charge on any atom is -0.493 e. The maximum atomic E-state index is 13.1. The van der Waals surface area contributed by atoms with Crippen LogP contribution in [-0.4, -0.2) is 70.6 Å². The van der Waals surface area contributed by atoms with E-state index in [1.165, 1.54) is 0 Å². The second-order valence-corrected chi connectivity index (χ2v) is 10.3. The largest absolute Gasteiger partial charge is 0.493 e. The van der Waals surface area contributed by atoms with E-state index in [2.05, 4.69) is 10.4 Å². The molecule has 1 aliphatic carbocycles. The molecule has 0 unspecified atom stereocenters. The van der Waals surface area contributed by atoms with E-state index < -0.39 is 0 Å². The number of rotatable bonds is 9. The molecule has 1 saturated heterocycles.